The predicted molar refractivity (Wildman–Crippen MR) is 80.9 cm³/mol. The molecular formula is C17H20FNO. The number of ether oxygens (including phenoxy) is 1. The van der Waals surface area contributed by atoms with Gasteiger partial charge in [0, 0.05) is 12.6 Å². The zero-order valence-electron chi connectivity index (χ0n) is 11.9. The molecule has 3 heteroatoms. The normalized spacial score (nSPS) is 11.9. The SMILES string of the molecule is CCOc1cc(F)ccc1NCC(C)c1ccccc1. The first kappa shape index (κ1) is 14.4. The molecule has 0 bridgehead atoms. The molecule has 0 amide bonds. The average Bonchev–Trinajstić information content (AvgIpc) is 2.47. The van der Waals surface area contributed by atoms with Crippen molar-refractivity contribution in [3.05, 3.63) is 59.9 Å². The fourth-order valence-corrected chi connectivity index (χ4v) is 2.08. The Balaban J connectivity index is 2.03. The summed E-state index contributed by atoms with van der Waals surface area (Å²) in [5.74, 6) is 0.651. The summed E-state index contributed by atoms with van der Waals surface area (Å²) in [6.45, 7) is 5.34. The van der Waals surface area contributed by atoms with E-state index in [2.05, 4.69) is 24.4 Å². The topological polar surface area (TPSA) is 21.3 Å². The third-order valence-electron chi connectivity index (χ3n) is 3.21. The molecule has 1 atom stereocenters. The zero-order valence-corrected chi connectivity index (χ0v) is 11.9. The third-order valence-corrected chi connectivity index (χ3v) is 3.21. The summed E-state index contributed by atoms with van der Waals surface area (Å²) in [4.78, 5) is 0. The van der Waals surface area contributed by atoms with Crippen LogP contribution in [0.2, 0.25) is 0 Å². The second-order valence-electron chi connectivity index (χ2n) is 4.77. The van der Waals surface area contributed by atoms with Crippen LogP contribution in [0.4, 0.5) is 10.1 Å². The summed E-state index contributed by atoms with van der Waals surface area (Å²) < 4.78 is 18.7. The highest BCUT2D eigenvalue weighted by Crippen LogP contribution is 2.26. The van der Waals surface area contributed by atoms with Gasteiger partial charge in [-0.05, 0) is 30.5 Å². The Hall–Kier alpha value is -2.03. The lowest BCUT2D eigenvalue weighted by molar-refractivity contribution is 0.339. The van der Waals surface area contributed by atoms with Crippen molar-refractivity contribution in [1.29, 1.82) is 0 Å². The molecule has 1 N–H and O–H groups in total. The van der Waals surface area contributed by atoms with Crippen LogP contribution in [-0.2, 0) is 0 Å². The number of nitrogens with one attached hydrogen (secondary N) is 1. The van der Waals surface area contributed by atoms with Crippen LogP contribution >= 0.6 is 0 Å². The zero-order chi connectivity index (χ0) is 14.4. The van der Waals surface area contributed by atoms with Gasteiger partial charge in [0.2, 0.25) is 0 Å². The van der Waals surface area contributed by atoms with Gasteiger partial charge in [-0.1, -0.05) is 37.3 Å². The summed E-state index contributed by atoms with van der Waals surface area (Å²) in [5.41, 5.74) is 2.11. The van der Waals surface area contributed by atoms with Gasteiger partial charge >= 0.3 is 0 Å². The van der Waals surface area contributed by atoms with Gasteiger partial charge in [0.15, 0.2) is 0 Å². The van der Waals surface area contributed by atoms with Gasteiger partial charge in [0.05, 0.1) is 12.3 Å². The molecule has 0 aliphatic heterocycles. The van der Waals surface area contributed by atoms with E-state index in [-0.39, 0.29) is 5.82 Å². The van der Waals surface area contributed by atoms with Crippen molar-refractivity contribution >= 4 is 5.69 Å². The van der Waals surface area contributed by atoms with Gasteiger partial charge in [-0.15, -0.1) is 0 Å². The van der Waals surface area contributed by atoms with Crippen LogP contribution in [0, 0.1) is 5.82 Å². The minimum absolute atomic E-state index is 0.282. The van der Waals surface area contributed by atoms with E-state index in [9.17, 15) is 4.39 Å². The first-order valence-corrected chi connectivity index (χ1v) is 6.92. The molecule has 2 aromatic carbocycles. The highest BCUT2D eigenvalue weighted by Gasteiger charge is 2.08. The van der Waals surface area contributed by atoms with E-state index >= 15 is 0 Å². The number of benzene rings is 2. The summed E-state index contributed by atoms with van der Waals surface area (Å²) in [5, 5.41) is 3.33. The van der Waals surface area contributed by atoms with Crippen molar-refractivity contribution in [3.63, 3.8) is 0 Å². The van der Waals surface area contributed by atoms with E-state index in [4.69, 9.17) is 4.74 Å². The Morgan fingerprint density at radius 3 is 2.60 bits per heavy atom. The molecule has 2 nitrogen and oxygen atoms in total. The van der Waals surface area contributed by atoms with E-state index < -0.39 is 0 Å². The number of hydrogen-bond acceptors (Lipinski definition) is 2. The molecule has 0 spiro atoms. The molecule has 2 aromatic rings. The van der Waals surface area contributed by atoms with E-state index in [1.807, 2.05) is 25.1 Å². The van der Waals surface area contributed by atoms with Crippen LogP contribution in [0.5, 0.6) is 5.75 Å². The Kier molecular flexibility index (Phi) is 4.99. The van der Waals surface area contributed by atoms with Crippen LogP contribution in [0.25, 0.3) is 0 Å². The van der Waals surface area contributed by atoms with Gasteiger partial charge < -0.3 is 10.1 Å². The summed E-state index contributed by atoms with van der Waals surface area (Å²) in [6.07, 6.45) is 0. The number of hydrogen-bond donors (Lipinski definition) is 1. The van der Waals surface area contributed by atoms with Crippen LogP contribution in [0.3, 0.4) is 0 Å². The predicted octanol–water partition coefficient (Wildman–Crippen LogP) is 4.44. The second kappa shape index (κ2) is 6.94. The smallest absolute Gasteiger partial charge is 0.145 e. The van der Waals surface area contributed by atoms with E-state index in [0.717, 1.165) is 12.2 Å². The van der Waals surface area contributed by atoms with E-state index in [0.29, 0.717) is 18.3 Å². The number of anilines is 1. The number of halogens is 1. The van der Waals surface area contributed by atoms with Crippen molar-refractivity contribution in [2.45, 2.75) is 19.8 Å². The standard InChI is InChI=1S/C17H20FNO/c1-3-20-17-11-15(18)9-10-16(17)19-12-13(2)14-7-5-4-6-8-14/h4-11,13,19H,3,12H2,1-2H3. The molecule has 20 heavy (non-hydrogen) atoms. The fraction of sp³-hybridized carbons (Fsp3) is 0.294. The van der Waals surface area contributed by atoms with Crippen LogP contribution in [0.1, 0.15) is 25.3 Å². The largest absolute Gasteiger partial charge is 0.492 e. The van der Waals surface area contributed by atoms with Crippen LogP contribution in [-0.4, -0.2) is 13.2 Å². The minimum Gasteiger partial charge on any atom is -0.492 e. The third kappa shape index (κ3) is 3.73. The van der Waals surface area contributed by atoms with Crippen molar-refractivity contribution < 1.29 is 9.13 Å². The van der Waals surface area contributed by atoms with Gasteiger partial charge in [-0.3, -0.25) is 0 Å². The lowest BCUT2D eigenvalue weighted by Crippen LogP contribution is -2.11. The second-order valence-corrected chi connectivity index (χ2v) is 4.77. The minimum atomic E-state index is -0.282. The molecule has 0 saturated heterocycles. The van der Waals surface area contributed by atoms with E-state index in [1.54, 1.807) is 6.07 Å². The van der Waals surface area contributed by atoms with Crippen LogP contribution in [0.15, 0.2) is 48.5 Å². The van der Waals surface area contributed by atoms with Crippen molar-refractivity contribution in [2.24, 2.45) is 0 Å². The monoisotopic (exact) mass is 273 g/mol. The molecule has 0 aliphatic carbocycles. The van der Waals surface area contributed by atoms with Gasteiger partial charge in [-0.25, -0.2) is 4.39 Å². The van der Waals surface area contributed by atoms with Gasteiger partial charge in [0.1, 0.15) is 11.6 Å². The molecule has 0 radical (unpaired) electrons. The quantitative estimate of drug-likeness (QED) is 0.840. The Bertz CT molecular complexity index is 542. The van der Waals surface area contributed by atoms with Gasteiger partial charge in [-0.2, -0.15) is 0 Å². The molecule has 0 saturated carbocycles. The summed E-state index contributed by atoms with van der Waals surface area (Å²) in [6, 6.07) is 14.9. The fourth-order valence-electron chi connectivity index (χ4n) is 2.08. The number of rotatable bonds is 6. The average molecular weight is 273 g/mol. The molecule has 0 fully saturated rings. The van der Waals surface area contributed by atoms with E-state index in [1.165, 1.54) is 17.7 Å². The lowest BCUT2D eigenvalue weighted by atomic mass is 10.0. The summed E-state index contributed by atoms with van der Waals surface area (Å²) >= 11 is 0. The lowest BCUT2D eigenvalue weighted by Gasteiger charge is -2.16. The van der Waals surface area contributed by atoms with Crippen molar-refractivity contribution in [2.75, 3.05) is 18.5 Å². The molecule has 2 rings (SSSR count). The first-order valence-electron chi connectivity index (χ1n) is 6.92. The van der Waals surface area contributed by atoms with Crippen LogP contribution < -0.4 is 10.1 Å². The molecular weight excluding hydrogens is 253 g/mol. The maximum absolute atomic E-state index is 13.2. The molecule has 0 aromatic heterocycles. The maximum Gasteiger partial charge on any atom is 0.145 e. The maximum atomic E-state index is 13.2. The Morgan fingerprint density at radius 1 is 1.15 bits per heavy atom. The van der Waals surface area contributed by atoms with Gasteiger partial charge in [0.25, 0.3) is 0 Å². The van der Waals surface area contributed by atoms with Crippen molar-refractivity contribution in [3.8, 4) is 5.75 Å². The summed E-state index contributed by atoms with van der Waals surface area (Å²) in [7, 11) is 0. The first-order chi connectivity index (χ1) is 9.70. The molecule has 1 unspecified atom stereocenters. The highest BCUT2D eigenvalue weighted by molar-refractivity contribution is 5.56. The Morgan fingerprint density at radius 2 is 1.90 bits per heavy atom. The molecule has 0 aliphatic rings. The molecule has 106 valence electrons. The van der Waals surface area contributed by atoms with Crippen molar-refractivity contribution in [1.82, 2.24) is 0 Å². The highest BCUT2D eigenvalue weighted by atomic mass is 19.1. The molecule has 0 heterocycles. The Labute approximate surface area is 119 Å².